The smallest absolute Gasteiger partial charge is 0.262 e. The number of hydrogen-bond acceptors (Lipinski definition) is 3. The number of ether oxygens (including phenoxy) is 1. The summed E-state index contributed by atoms with van der Waals surface area (Å²) in [6, 6.07) is 14.6. The number of nitrogens with zero attached hydrogens (tertiary/aromatic N) is 1. The molecule has 4 nitrogen and oxygen atoms in total. The number of likely N-dealkylation sites (tertiary alicyclic amines) is 1. The molecule has 0 radical (unpaired) electrons. The molecular formula is C19H19ClN2O2S. The van der Waals surface area contributed by atoms with Crippen LogP contribution in [-0.4, -0.2) is 35.5 Å². The van der Waals surface area contributed by atoms with Crippen molar-refractivity contribution in [2.45, 2.75) is 12.8 Å². The highest BCUT2D eigenvalue weighted by molar-refractivity contribution is 7.80. The van der Waals surface area contributed by atoms with E-state index >= 15 is 0 Å². The molecule has 1 saturated heterocycles. The fourth-order valence-corrected chi connectivity index (χ4v) is 3.20. The van der Waals surface area contributed by atoms with E-state index in [2.05, 4.69) is 10.2 Å². The van der Waals surface area contributed by atoms with E-state index < -0.39 is 0 Å². The Morgan fingerprint density at radius 1 is 1.12 bits per heavy atom. The molecule has 0 bridgehead atoms. The van der Waals surface area contributed by atoms with Crippen LogP contribution in [-0.2, 0) is 4.79 Å². The van der Waals surface area contributed by atoms with Crippen LogP contribution >= 0.6 is 23.8 Å². The molecule has 1 amide bonds. The maximum atomic E-state index is 12.0. The van der Waals surface area contributed by atoms with E-state index in [4.69, 9.17) is 28.6 Å². The number of rotatable bonds is 5. The monoisotopic (exact) mass is 374 g/mol. The zero-order valence-electron chi connectivity index (χ0n) is 13.7. The van der Waals surface area contributed by atoms with Gasteiger partial charge in [-0.05, 0) is 49.2 Å². The molecule has 2 aromatic rings. The average Bonchev–Trinajstić information content (AvgIpc) is 3.16. The fourth-order valence-electron chi connectivity index (χ4n) is 2.69. The predicted molar refractivity (Wildman–Crippen MR) is 105 cm³/mol. The van der Waals surface area contributed by atoms with Gasteiger partial charge in [-0.25, -0.2) is 0 Å². The van der Waals surface area contributed by atoms with Gasteiger partial charge in [0.1, 0.15) is 10.7 Å². The number of carbonyl (C=O) groups excluding carboxylic acids is 1. The lowest BCUT2D eigenvalue weighted by Crippen LogP contribution is -2.26. The van der Waals surface area contributed by atoms with E-state index in [9.17, 15) is 4.79 Å². The third-order valence-corrected chi connectivity index (χ3v) is 4.84. The fraction of sp³-hybridized carbons (Fsp3) is 0.263. The molecule has 6 heteroatoms. The van der Waals surface area contributed by atoms with Crippen LogP contribution in [0.15, 0.2) is 48.5 Å². The van der Waals surface area contributed by atoms with E-state index in [1.165, 1.54) is 12.8 Å². The molecule has 25 heavy (non-hydrogen) atoms. The zero-order chi connectivity index (χ0) is 17.6. The predicted octanol–water partition coefficient (Wildman–Crippen LogP) is 4.13. The Morgan fingerprint density at radius 2 is 1.80 bits per heavy atom. The second-order valence-corrected chi connectivity index (χ2v) is 6.63. The van der Waals surface area contributed by atoms with Gasteiger partial charge < -0.3 is 15.0 Å². The first-order valence-electron chi connectivity index (χ1n) is 8.20. The SMILES string of the molecule is O=C(COc1ccc(C(=S)N2CCCC2)cc1)Nc1ccccc1Cl. The van der Waals surface area contributed by atoms with Crippen LogP contribution in [0.5, 0.6) is 5.75 Å². The minimum Gasteiger partial charge on any atom is -0.484 e. The molecule has 3 rings (SSSR count). The van der Waals surface area contributed by atoms with Crippen molar-refractivity contribution in [3.05, 3.63) is 59.1 Å². The minimum atomic E-state index is -0.259. The Balaban J connectivity index is 1.52. The van der Waals surface area contributed by atoms with E-state index in [0.717, 1.165) is 23.6 Å². The summed E-state index contributed by atoms with van der Waals surface area (Å²) in [6.07, 6.45) is 2.39. The number of halogens is 1. The van der Waals surface area contributed by atoms with Gasteiger partial charge >= 0.3 is 0 Å². The molecule has 0 aliphatic carbocycles. The maximum Gasteiger partial charge on any atom is 0.262 e. The number of para-hydroxylation sites is 1. The molecule has 1 aliphatic heterocycles. The Labute approximate surface area is 157 Å². The third kappa shape index (κ3) is 4.71. The molecule has 2 aromatic carbocycles. The zero-order valence-corrected chi connectivity index (χ0v) is 15.3. The molecule has 1 aliphatic rings. The maximum absolute atomic E-state index is 12.0. The van der Waals surface area contributed by atoms with Crippen molar-refractivity contribution in [2.24, 2.45) is 0 Å². The molecule has 1 fully saturated rings. The molecule has 1 N–H and O–H groups in total. The van der Waals surface area contributed by atoms with Crippen molar-refractivity contribution in [2.75, 3.05) is 25.0 Å². The summed E-state index contributed by atoms with van der Waals surface area (Å²) < 4.78 is 5.53. The largest absolute Gasteiger partial charge is 0.484 e. The van der Waals surface area contributed by atoms with Crippen LogP contribution in [0, 0.1) is 0 Å². The summed E-state index contributed by atoms with van der Waals surface area (Å²) in [5.41, 5.74) is 1.58. The Hall–Kier alpha value is -2.11. The van der Waals surface area contributed by atoms with Gasteiger partial charge in [-0.1, -0.05) is 36.0 Å². The lowest BCUT2D eigenvalue weighted by molar-refractivity contribution is -0.118. The average molecular weight is 375 g/mol. The van der Waals surface area contributed by atoms with Crippen LogP contribution in [0.4, 0.5) is 5.69 Å². The van der Waals surface area contributed by atoms with Gasteiger partial charge in [0.2, 0.25) is 0 Å². The third-order valence-electron chi connectivity index (χ3n) is 4.01. The molecule has 0 aromatic heterocycles. The van der Waals surface area contributed by atoms with Crippen LogP contribution in [0.25, 0.3) is 0 Å². The summed E-state index contributed by atoms with van der Waals surface area (Å²) in [5, 5.41) is 3.22. The number of nitrogens with one attached hydrogen (secondary N) is 1. The quantitative estimate of drug-likeness (QED) is 0.799. The van der Waals surface area contributed by atoms with Crippen LogP contribution in [0.3, 0.4) is 0 Å². The van der Waals surface area contributed by atoms with E-state index in [1.807, 2.05) is 36.4 Å². The lowest BCUT2D eigenvalue weighted by atomic mass is 10.2. The normalized spacial score (nSPS) is 13.6. The Kier molecular flexibility index (Phi) is 5.89. The van der Waals surface area contributed by atoms with Gasteiger partial charge in [0.15, 0.2) is 6.61 Å². The molecule has 0 saturated carbocycles. The number of amides is 1. The molecule has 130 valence electrons. The highest BCUT2D eigenvalue weighted by atomic mass is 35.5. The van der Waals surface area contributed by atoms with E-state index in [0.29, 0.717) is 16.5 Å². The summed E-state index contributed by atoms with van der Waals surface area (Å²) >= 11 is 11.5. The van der Waals surface area contributed by atoms with E-state index in [-0.39, 0.29) is 12.5 Å². The van der Waals surface area contributed by atoms with Gasteiger partial charge in [-0.15, -0.1) is 0 Å². The number of hydrogen-bond donors (Lipinski definition) is 1. The van der Waals surface area contributed by atoms with E-state index in [1.54, 1.807) is 12.1 Å². The molecule has 0 unspecified atom stereocenters. The summed E-state index contributed by atoms with van der Waals surface area (Å²) in [6.45, 7) is 1.97. The van der Waals surface area contributed by atoms with Gasteiger partial charge in [0, 0.05) is 18.7 Å². The second kappa shape index (κ2) is 8.32. The van der Waals surface area contributed by atoms with Crippen molar-refractivity contribution in [1.82, 2.24) is 4.90 Å². The first-order chi connectivity index (χ1) is 12.1. The van der Waals surface area contributed by atoms with Crippen LogP contribution in [0.2, 0.25) is 5.02 Å². The Morgan fingerprint density at radius 3 is 2.48 bits per heavy atom. The second-order valence-electron chi connectivity index (χ2n) is 5.84. The first kappa shape index (κ1) is 17.7. The standard InChI is InChI=1S/C19H19ClN2O2S/c20-16-5-1-2-6-17(16)21-18(23)13-24-15-9-7-14(8-10-15)19(25)22-11-3-4-12-22/h1-2,5-10H,3-4,11-13H2,(H,21,23). The van der Waals surface area contributed by atoms with Crippen molar-refractivity contribution in [3.63, 3.8) is 0 Å². The van der Waals surface area contributed by atoms with Crippen LogP contribution in [0.1, 0.15) is 18.4 Å². The lowest BCUT2D eigenvalue weighted by Gasteiger charge is -2.18. The summed E-state index contributed by atoms with van der Waals surface area (Å²) in [4.78, 5) is 15.1. The Bertz CT molecular complexity index is 758. The topological polar surface area (TPSA) is 41.6 Å². The number of benzene rings is 2. The molecule has 0 spiro atoms. The highest BCUT2D eigenvalue weighted by Crippen LogP contribution is 2.21. The molecule has 1 heterocycles. The van der Waals surface area contributed by atoms with Gasteiger partial charge in [0.25, 0.3) is 5.91 Å². The number of anilines is 1. The molecule has 0 atom stereocenters. The van der Waals surface area contributed by atoms with Crippen molar-refractivity contribution < 1.29 is 9.53 Å². The van der Waals surface area contributed by atoms with Gasteiger partial charge in [-0.2, -0.15) is 0 Å². The minimum absolute atomic E-state index is 0.0822. The van der Waals surface area contributed by atoms with Crippen molar-refractivity contribution in [3.8, 4) is 5.75 Å². The van der Waals surface area contributed by atoms with Gasteiger partial charge in [0.05, 0.1) is 10.7 Å². The van der Waals surface area contributed by atoms with Crippen molar-refractivity contribution >= 4 is 40.4 Å². The summed E-state index contributed by atoms with van der Waals surface area (Å²) in [7, 11) is 0. The van der Waals surface area contributed by atoms with Gasteiger partial charge in [-0.3, -0.25) is 4.79 Å². The highest BCUT2D eigenvalue weighted by Gasteiger charge is 2.16. The summed E-state index contributed by atoms with van der Waals surface area (Å²) in [5.74, 6) is 0.368. The van der Waals surface area contributed by atoms with Crippen molar-refractivity contribution in [1.29, 1.82) is 0 Å². The first-order valence-corrected chi connectivity index (χ1v) is 8.98. The number of thiocarbonyl (C=S) groups is 1. The number of carbonyl (C=O) groups is 1. The van der Waals surface area contributed by atoms with Crippen LogP contribution < -0.4 is 10.1 Å². The molecular weight excluding hydrogens is 356 g/mol.